The first kappa shape index (κ1) is 17.6. The highest BCUT2D eigenvalue weighted by molar-refractivity contribution is 5.95. The van der Waals surface area contributed by atoms with Gasteiger partial charge in [0.2, 0.25) is 5.91 Å². The van der Waals surface area contributed by atoms with Gasteiger partial charge in [-0.15, -0.1) is 0 Å². The predicted molar refractivity (Wildman–Crippen MR) is 93.5 cm³/mol. The Bertz CT molecular complexity index is 920. The number of nitrogens with zero attached hydrogens (tertiary/aromatic N) is 3. The average Bonchev–Trinajstić information content (AvgIpc) is 3.46. The van der Waals surface area contributed by atoms with Crippen molar-refractivity contribution in [3.05, 3.63) is 56.5 Å². The Morgan fingerprint density at radius 1 is 1.38 bits per heavy atom. The number of ether oxygens (including phenoxy) is 1. The number of hydrogen-bond acceptors (Lipinski definition) is 6. The molecular formula is C17H18N4O5. The van der Waals surface area contributed by atoms with Gasteiger partial charge in [0.15, 0.2) is 0 Å². The molecule has 3 rings (SSSR count). The van der Waals surface area contributed by atoms with Crippen LogP contribution in [0.15, 0.2) is 35.1 Å². The van der Waals surface area contributed by atoms with Gasteiger partial charge in [0.25, 0.3) is 11.2 Å². The smallest absolute Gasteiger partial charge is 0.273 e. The van der Waals surface area contributed by atoms with Crippen LogP contribution >= 0.6 is 0 Å². The summed E-state index contributed by atoms with van der Waals surface area (Å²) in [5.41, 5.74) is 0.564. The van der Waals surface area contributed by atoms with Gasteiger partial charge in [0.1, 0.15) is 11.8 Å². The van der Waals surface area contributed by atoms with Crippen LogP contribution in [0.2, 0.25) is 0 Å². The van der Waals surface area contributed by atoms with Crippen LogP contribution in [0.3, 0.4) is 0 Å². The maximum Gasteiger partial charge on any atom is 0.273 e. The van der Waals surface area contributed by atoms with Crippen LogP contribution in [-0.4, -0.2) is 27.7 Å². The lowest BCUT2D eigenvalue weighted by Crippen LogP contribution is -2.33. The molecule has 1 amide bonds. The van der Waals surface area contributed by atoms with Crippen LogP contribution in [0.1, 0.15) is 37.4 Å². The molecule has 1 fully saturated rings. The number of anilines is 1. The first-order valence-electron chi connectivity index (χ1n) is 8.13. The highest BCUT2D eigenvalue weighted by Gasteiger charge is 2.27. The number of non-ortho nitro benzene ring substituents is 1. The third-order valence-electron chi connectivity index (χ3n) is 4.24. The van der Waals surface area contributed by atoms with Crippen LogP contribution in [0.4, 0.5) is 11.4 Å². The van der Waals surface area contributed by atoms with Crippen LogP contribution in [-0.2, 0) is 4.79 Å². The number of hydrogen-bond donors (Lipinski definition) is 1. The minimum absolute atomic E-state index is 0.150. The van der Waals surface area contributed by atoms with Gasteiger partial charge >= 0.3 is 0 Å². The molecule has 136 valence electrons. The minimum atomic E-state index is -0.846. The Kier molecular flexibility index (Phi) is 4.70. The SMILES string of the molecule is COc1cc([N+](=O)[O-])ccc1NC(=O)C(C)n1nc(C2CC2)ccc1=O. The molecule has 0 radical (unpaired) electrons. The van der Waals surface area contributed by atoms with Crippen molar-refractivity contribution in [2.75, 3.05) is 12.4 Å². The molecular weight excluding hydrogens is 340 g/mol. The molecule has 9 nitrogen and oxygen atoms in total. The lowest BCUT2D eigenvalue weighted by atomic mass is 10.2. The fraction of sp³-hybridized carbons (Fsp3) is 0.353. The number of carbonyl (C=O) groups excluding carboxylic acids is 1. The zero-order chi connectivity index (χ0) is 18.8. The molecule has 1 aromatic heterocycles. The number of nitrogens with one attached hydrogen (secondary N) is 1. The fourth-order valence-corrected chi connectivity index (χ4v) is 2.56. The van der Waals surface area contributed by atoms with E-state index in [1.54, 1.807) is 13.0 Å². The van der Waals surface area contributed by atoms with E-state index >= 15 is 0 Å². The van der Waals surface area contributed by atoms with Crippen molar-refractivity contribution in [2.24, 2.45) is 0 Å². The maximum atomic E-state index is 12.5. The number of nitro groups is 1. The van der Waals surface area contributed by atoms with E-state index < -0.39 is 16.9 Å². The molecule has 0 aliphatic heterocycles. The standard InChI is InChI=1S/C17H18N4O5/c1-10(20-16(22)8-7-13(19-20)11-3-4-11)17(23)18-14-6-5-12(21(24)25)9-15(14)26-2/h5-11H,3-4H2,1-2H3,(H,18,23). The van der Waals surface area contributed by atoms with Crippen molar-refractivity contribution in [1.82, 2.24) is 9.78 Å². The molecule has 1 N–H and O–H groups in total. The number of benzene rings is 1. The lowest BCUT2D eigenvalue weighted by molar-refractivity contribution is -0.384. The summed E-state index contributed by atoms with van der Waals surface area (Å²) in [6.45, 7) is 1.57. The molecule has 0 spiro atoms. The molecule has 2 aromatic rings. The zero-order valence-electron chi connectivity index (χ0n) is 14.3. The van der Waals surface area contributed by atoms with E-state index in [1.807, 2.05) is 0 Å². The Labute approximate surface area is 148 Å². The normalized spacial score (nSPS) is 14.5. The summed E-state index contributed by atoms with van der Waals surface area (Å²) < 4.78 is 6.26. The summed E-state index contributed by atoms with van der Waals surface area (Å²) in [6.07, 6.45) is 2.07. The van der Waals surface area contributed by atoms with E-state index in [0.29, 0.717) is 5.92 Å². The zero-order valence-corrected chi connectivity index (χ0v) is 14.3. The number of nitro benzene ring substituents is 1. The van der Waals surface area contributed by atoms with E-state index in [4.69, 9.17) is 4.74 Å². The third-order valence-corrected chi connectivity index (χ3v) is 4.24. The topological polar surface area (TPSA) is 116 Å². The second-order valence-electron chi connectivity index (χ2n) is 6.12. The van der Waals surface area contributed by atoms with E-state index in [-0.39, 0.29) is 22.7 Å². The van der Waals surface area contributed by atoms with Crippen LogP contribution < -0.4 is 15.6 Å². The van der Waals surface area contributed by atoms with Crippen LogP contribution in [0, 0.1) is 10.1 Å². The number of carbonyl (C=O) groups is 1. The van der Waals surface area contributed by atoms with Gasteiger partial charge in [-0.25, -0.2) is 4.68 Å². The molecule has 1 heterocycles. The number of methoxy groups -OCH3 is 1. The Balaban J connectivity index is 1.83. The summed E-state index contributed by atoms with van der Waals surface area (Å²) in [6, 6.07) is 6.14. The molecule has 26 heavy (non-hydrogen) atoms. The van der Waals surface area contributed by atoms with Crippen molar-refractivity contribution in [3.8, 4) is 5.75 Å². The summed E-state index contributed by atoms with van der Waals surface area (Å²) in [7, 11) is 1.35. The second-order valence-corrected chi connectivity index (χ2v) is 6.12. The second kappa shape index (κ2) is 6.95. The van der Waals surface area contributed by atoms with E-state index in [1.165, 1.54) is 31.4 Å². The third kappa shape index (κ3) is 3.56. The summed E-state index contributed by atoms with van der Waals surface area (Å²) >= 11 is 0. The lowest BCUT2D eigenvalue weighted by Gasteiger charge is -2.16. The van der Waals surface area contributed by atoms with Gasteiger partial charge in [-0.1, -0.05) is 0 Å². The quantitative estimate of drug-likeness (QED) is 0.625. The Hall–Kier alpha value is -3.23. The Morgan fingerprint density at radius 2 is 2.12 bits per heavy atom. The maximum absolute atomic E-state index is 12.5. The van der Waals surface area contributed by atoms with Crippen molar-refractivity contribution >= 4 is 17.3 Å². The van der Waals surface area contributed by atoms with Gasteiger partial charge in [-0.2, -0.15) is 5.10 Å². The molecule has 1 saturated carbocycles. The number of aromatic nitrogens is 2. The van der Waals surface area contributed by atoms with E-state index in [9.17, 15) is 19.7 Å². The van der Waals surface area contributed by atoms with E-state index in [2.05, 4.69) is 10.4 Å². The molecule has 1 aromatic carbocycles. The molecule has 1 aliphatic carbocycles. The first-order chi connectivity index (χ1) is 12.4. The summed E-state index contributed by atoms with van der Waals surface area (Å²) in [5, 5.41) is 17.8. The van der Waals surface area contributed by atoms with Crippen molar-refractivity contribution < 1.29 is 14.5 Å². The molecule has 9 heteroatoms. The van der Waals surface area contributed by atoms with Gasteiger partial charge in [-0.3, -0.25) is 19.7 Å². The molecule has 0 bridgehead atoms. The first-order valence-corrected chi connectivity index (χ1v) is 8.13. The van der Waals surface area contributed by atoms with Gasteiger partial charge in [-0.05, 0) is 31.9 Å². The predicted octanol–water partition coefficient (Wildman–Crippen LogP) is 2.24. The highest BCUT2D eigenvalue weighted by atomic mass is 16.6. The fourth-order valence-electron chi connectivity index (χ4n) is 2.56. The monoisotopic (exact) mass is 358 g/mol. The molecule has 1 unspecified atom stereocenters. The van der Waals surface area contributed by atoms with Gasteiger partial charge in [0.05, 0.1) is 29.5 Å². The van der Waals surface area contributed by atoms with Crippen LogP contribution in [0.25, 0.3) is 0 Å². The largest absolute Gasteiger partial charge is 0.494 e. The number of rotatable bonds is 6. The highest BCUT2D eigenvalue weighted by Crippen LogP contribution is 2.38. The van der Waals surface area contributed by atoms with E-state index in [0.717, 1.165) is 23.2 Å². The average molecular weight is 358 g/mol. The van der Waals surface area contributed by atoms with Crippen molar-refractivity contribution in [3.63, 3.8) is 0 Å². The van der Waals surface area contributed by atoms with Crippen LogP contribution in [0.5, 0.6) is 5.75 Å². The van der Waals surface area contributed by atoms with Crippen molar-refractivity contribution in [2.45, 2.75) is 31.7 Å². The minimum Gasteiger partial charge on any atom is -0.494 e. The van der Waals surface area contributed by atoms with Gasteiger partial charge < -0.3 is 10.1 Å². The van der Waals surface area contributed by atoms with Crippen molar-refractivity contribution in [1.29, 1.82) is 0 Å². The molecule has 1 aliphatic rings. The summed E-state index contributed by atoms with van der Waals surface area (Å²) in [5.74, 6) is 0.0402. The molecule has 1 atom stereocenters. The Morgan fingerprint density at radius 3 is 2.73 bits per heavy atom. The summed E-state index contributed by atoms with van der Waals surface area (Å²) in [4.78, 5) is 34.9. The number of amides is 1. The van der Waals surface area contributed by atoms with Gasteiger partial charge in [0, 0.05) is 18.1 Å². The molecule has 0 saturated heterocycles.